The number of methoxy groups -OCH3 is 1. The first-order valence-corrected chi connectivity index (χ1v) is 10.2. The lowest BCUT2D eigenvalue weighted by molar-refractivity contribution is 0.108. The molecule has 0 bridgehead atoms. The molecule has 8 nitrogen and oxygen atoms in total. The average Bonchev–Trinajstić information content (AvgIpc) is 3.08. The van der Waals surface area contributed by atoms with Crippen LogP contribution >= 0.6 is 11.6 Å². The molecule has 0 aliphatic carbocycles. The predicted octanol–water partition coefficient (Wildman–Crippen LogP) is 4.08. The zero-order chi connectivity index (χ0) is 21.3. The van der Waals surface area contributed by atoms with Crippen LogP contribution < -0.4 is 10.1 Å². The van der Waals surface area contributed by atoms with E-state index in [0.717, 1.165) is 29.5 Å². The van der Waals surface area contributed by atoms with E-state index in [1.165, 1.54) is 4.90 Å². The van der Waals surface area contributed by atoms with E-state index in [1.54, 1.807) is 19.4 Å². The van der Waals surface area contributed by atoms with Crippen molar-refractivity contribution in [2.75, 3.05) is 19.0 Å². The molecule has 1 aliphatic heterocycles. The van der Waals surface area contributed by atoms with Crippen LogP contribution in [0.3, 0.4) is 0 Å². The minimum absolute atomic E-state index is 0.00942. The van der Waals surface area contributed by atoms with Crippen LogP contribution in [0.2, 0.25) is 5.02 Å². The molecule has 1 saturated heterocycles. The van der Waals surface area contributed by atoms with Gasteiger partial charge in [-0.3, -0.25) is 0 Å². The highest BCUT2D eigenvalue weighted by Gasteiger charge is 2.29. The largest absolute Gasteiger partial charge is 0.497 e. The van der Waals surface area contributed by atoms with E-state index in [9.17, 15) is 9.90 Å². The molecule has 9 heteroatoms. The Morgan fingerprint density at radius 3 is 2.77 bits per heavy atom. The van der Waals surface area contributed by atoms with Gasteiger partial charge >= 0.3 is 6.09 Å². The minimum Gasteiger partial charge on any atom is -0.497 e. The Labute approximate surface area is 179 Å². The van der Waals surface area contributed by atoms with Gasteiger partial charge in [-0.15, -0.1) is 0 Å². The number of piperidine rings is 1. The average molecular weight is 430 g/mol. The molecule has 1 amide bonds. The number of ether oxygens (including phenoxy) is 1. The molecule has 30 heavy (non-hydrogen) atoms. The van der Waals surface area contributed by atoms with Crippen LogP contribution in [0.4, 0.5) is 10.6 Å². The normalized spacial score (nSPS) is 19.1. The molecule has 2 aromatic heterocycles. The molecule has 0 spiro atoms. The monoisotopic (exact) mass is 429 g/mol. The van der Waals surface area contributed by atoms with Gasteiger partial charge in [-0.1, -0.05) is 23.7 Å². The highest BCUT2D eigenvalue weighted by Crippen LogP contribution is 2.31. The summed E-state index contributed by atoms with van der Waals surface area (Å²) in [6.45, 7) is 2.86. The van der Waals surface area contributed by atoms with E-state index in [-0.39, 0.29) is 12.1 Å². The number of aromatic nitrogens is 3. The molecule has 4 rings (SSSR count). The second kappa shape index (κ2) is 8.39. The number of pyridine rings is 1. The summed E-state index contributed by atoms with van der Waals surface area (Å²) in [6, 6.07) is 9.49. The van der Waals surface area contributed by atoms with Gasteiger partial charge in [0.15, 0.2) is 11.5 Å². The van der Waals surface area contributed by atoms with E-state index >= 15 is 0 Å². The molecular formula is C21H24ClN5O3. The molecule has 2 unspecified atom stereocenters. The minimum atomic E-state index is -0.899. The number of likely N-dealkylation sites (tertiary alicyclic amines) is 1. The number of nitrogens with one attached hydrogen (secondary N) is 1. The van der Waals surface area contributed by atoms with Crippen molar-refractivity contribution in [3.8, 4) is 5.75 Å². The Balaban J connectivity index is 1.62. The van der Waals surface area contributed by atoms with Gasteiger partial charge < -0.3 is 20.1 Å². The number of anilines is 1. The summed E-state index contributed by atoms with van der Waals surface area (Å²) in [5.41, 5.74) is 1.73. The number of halogens is 1. The molecule has 0 radical (unpaired) electrons. The number of rotatable bonds is 5. The van der Waals surface area contributed by atoms with Gasteiger partial charge in [-0.2, -0.15) is 5.10 Å². The van der Waals surface area contributed by atoms with Crippen LogP contribution in [0.15, 0.2) is 36.5 Å². The Bertz CT molecular complexity index is 1050. The van der Waals surface area contributed by atoms with Gasteiger partial charge in [0.25, 0.3) is 0 Å². The maximum absolute atomic E-state index is 11.5. The lowest BCUT2D eigenvalue weighted by Crippen LogP contribution is -2.49. The van der Waals surface area contributed by atoms with Gasteiger partial charge in [0.05, 0.1) is 24.1 Å². The molecular weight excluding hydrogens is 406 g/mol. The van der Waals surface area contributed by atoms with Gasteiger partial charge in [-0.25, -0.2) is 14.5 Å². The summed E-state index contributed by atoms with van der Waals surface area (Å²) >= 11 is 6.48. The predicted molar refractivity (Wildman–Crippen MR) is 115 cm³/mol. The van der Waals surface area contributed by atoms with E-state index in [4.69, 9.17) is 21.4 Å². The fraction of sp³-hybridized carbons (Fsp3) is 0.381. The second-order valence-electron chi connectivity index (χ2n) is 7.55. The molecule has 0 saturated carbocycles. The number of fused-ring (bicyclic) bond motifs is 1. The molecule has 1 aromatic carbocycles. The SMILES string of the molecule is COc1ccc(Cn2nc(NC3CCC(C)N(C(=O)O)C3)c3c(Cl)ccnc32)cc1. The molecule has 3 aromatic rings. The van der Waals surface area contributed by atoms with Crippen LogP contribution in [0.5, 0.6) is 5.75 Å². The van der Waals surface area contributed by atoms with Crippen molar-refractivity contribution in [1.82, 2.24) is 19.7 Å². The van der Waals surface area contributed by atoms with E-state index < -0.39 is 6.09 Å². The summed E-state index contributed by atoms with van der Waals surface area (Å²) in [5.74, 6) is 1.42. The van der Waals surface area contributed by atoms with Crippen LogP contribution in [0.25, 0.3) is 11.0 Å². The third kappa shape index (κ3) is 4.00. The van der Waals surface area contributed by atoms with E-state index in [2.05, 4.69) is 10.3 Å². The zero-order valence-corrected chi connectivity index (χ0v) is 17.6. The molecule has 3 heterocycles. The number of carbonyl (C=O) groups is 1. The summed E-state index contributed by atoms with van der Waals surface area (Å²) in [5, 5.41) is 18.9. The zero-order valence-electron chi connectivity index (χ0n) is 16.9. The quantitative estimate of drug-likeness (QED) is 0.634. The fourth-order valence-corrected chi connectivity index (χ4v) is 4.09. The number of hydrogen-bond donors (Lipinski definition) is 2. The maximum Gasteiger partial charge on any atom is 0.407 e. The lowest BCUT2D eigenvalue weighted by Gasteiger charge is -2.36. The van der Waals surface area contributed by atoms with Crippen molar-refractivity contribution < 1.29 is 14.6 Å². The molecule has 1 aliphatic rings. The Morgan fingerprint density at radius 2 is 2.07 bits per heavy atom. The van der Waals surface area contributed by atoms with Crippen molar-refractivity contribution in [2.45, 2.75) is 38.4 Å². The molecule has 1 fully saturated rings. The van der Waals surface area contributed by atoms with Crippen molar-refractivity contribution in [2.24, 2.45) is 0 Å². The van der Waals surface area contributed by atoms with Crippen molar-refractivity contribution in [1.29, 1.82) is 0 Å². The van der Waals surface area contributed by atoms with Crippen LogP contribution in [0.1, 0.15) is 25.3 Å². The standard InChI is InChI=1S/C21H24ClN5O3/c1-13-3-6-15(12-26(13)21(28)29)24-19-18-17(22)9-10-23-20(18)27(25-19)11-14-4-7-16(30-2)8-5-14/h4-5,7-10,13,15H,3,6,11-12H2,1-2H3,(H,24,25)(H,28,29). The number of amides is 1. The smallest absolute Gasteiger partial charge is 0.407 e. The summed E-state index contributed by atoms with van der Waals surface area (Å²) in [7, 11) is 1.64. The van der Waals surface area contributed by atoms with Crippen molar-refractivity contribution in [3.63, 3.8) is 0 Å². The van der Waals surface area contributed by atoms with E-state index in [0.29, 0.717) is 29.6 Å². The number of carboxylic acid groups (broad SMARTS) is 1. The Morgan fingerprint density at radius 1 is 1.30 bits per heavy atom. The van der Waals surface area contributed by atoms with Crippen LogP contribution in [-0.4, -0.2) is 56.6 Å². The van der Waals surface area contributed by atoms with Gasteiger partial charge in [0.2, 0.25) is 0 Å². The lowest BCUT2D eigenvalue weighted by atomic mass is 10.00. The molecule has 158 valence electrons. The van der Waals surface area contributed by atoms with Gasteiger partial charge in [-0.05, 0) is 43.5 Å². The first kappa shape index (κ1) is 20.3. The van der Waals surface area contributed by atoms with E-state index in [1.807, 2.05) is 35.9 Å². The number of hydrogen-bond acceptors (Lipinski definition) is 5. The Hall–Kier alpha value is -3.00. The summed E-state index contributed by atoms with van der Waals surface area (Å²) < 4.78 is 7.03. The first-order valence-electron chi connectivity index (χ1n) is 9.86. The third-order valence-corrected chi connectivity index (χ3v) is 5.86. The highest BCUT2D eigenvalue weighted by atomic mass is 35.5. The van der Waals surface area contributed by atoms with Gasteiger partial charge in [0, 0.05) is 24.8 Å². The van der Waals surface area contributed by atoms with Crippen molar-refractivity contribution in [3.05, 3.63) is 47.1 Å². The molecule has 2 N–H and O–H groups in total. The number of nitrogens with zero attached hydrogens (tertiary/aromatic N) is 4. The Kier molecular flexibility index (Phi) is 5.67. The summed E-state index contributed by atoms with van der Waals surface area (Å²) in [6.07, 6.45) is 2.41. The first-order chi connectivity index (χ1) is 14.5. The van der Waals surface area contributed by atoms with Gasteiger partial charge in [0.1, 0.15) is 5.75 Å². The third-order valence-electron chi connectivity index (χ3n) is 5.54. The topological polar surface area (TPSA) is 92.5 Å². The molecule has 2 atom stereocenters. The van der Waals surface area contributed by atoms with Crippen molar-refractivity contribution >= 4 is 34.5 Å². The highest BCUT2D eigenvalue weighted by molar-refractivity contribution is 6.36. The fourth-order valence-electron chi connectivity index (χ4n) is 3.86. The summed E-state index contributed by atoms with van der Waals surface area (Å²) in [4.78, 5) is 17.5. The van der Waals surface area contributed by atoms with Crippen LogP contribution in [0, 0.1) is 0 Å². The van der Waals surface area contributed by atoms with Crippen LogP contribution in [-0.2, 0) is 6.54 Å². The number of benzene rings is 1. The second-order valence-corrected chi connectivity index (χ2v) is 7.96. The maximum atomic E-state index is 11.5.